The summed E-state index contributed by atoms with van der Waals surface area (Å²) >= 11 is 0. The van der Waals surface area contributed by atoms with Crippen molar-refractivity contribution in [3.8, 4) is 0 Å². The Morgan fingerprint density at radius 1 is 1.37 bits per heavy atom. The summed E-state index contributed by atoms with van der Waals surface area (Å²) in [7, 11) is 2.74. The first kappa shape index (κ1) is 17.5. The lowest BCUT2D eigenvalue weighted by Crippen LogP contribution is -2.41. The molecule has 10 nitrogen and oxygen atoms in total. The molecule has 0 N–H and O–H groups in total. The van der Waals surface area contributed by atoms with Crippen LogP contribution in [-0.2, 0) is 34.4 Å². The van der Waals surface area contributed by atoms with Crippen molar-refractivity contribution >= 4 is 22.9 Å². The summed E-state index contributed by atoms with van der Waals surface area (Å²) in [6.45, 7) is 2.88. The Morgan fingerprint density at radius 2 is 2.15 bits per heavy atom. The third-order valence-corrected chi connectivity index (χ3v) is 5.07. The number of aryl methyl sites for hydroxylation is 2. The van der Waals surface area contributed by atoms with E-state index in [1.165, 1.54) is 18.7 Å². The quantitative estimate of drug-likeness (QED) is 0.586. The van der Waals surface area contributed by atoms with Crippen molar-refractivity contribution in [3.63, 3.8) is 0 Å². The molecule has 3 aromatic heterocycles. The number of carbonyl (C=O) groups excluding carboxylic acids is 1. The van der Waals surface area contributed by atoms with Crippen molar-refractivity contribution in [1.29, 1.82) is 0 Å². The summed E-state index contributed by atoms with van der Waals surface area (Å²) in [6.07, 6.45) is 3.94. The third kappa shape index (κ3) is 2.67. The molecular weight excluding hydrogens is 354 g/mol. The summed E-state index contributed by atoms with van der Waals surface area (Å²) in [5.74, 6) is -0.0950. The van der Waals surface area contributed by atoms with E-state index in [0.29, 0.717) is 12.3 Å². The number of esters is 1. The summed E-state index contributed by atoms with van der Waals surface area (Å²) in [5.41, 5.74) is 0.288. The number of hydrogen-bond donors (Lipinski definition) is 0. The molecule has 144 valence electrons. The van der Waals surface area contributed by atoms with Crippen LogP contribution in [0.25, 0.3) is 16.9 Å². The minimum Gasteiger partial charge on any atom is -0.468 e. The number of fused-ring (bicyclic) bond motifs is 3. The average molecular weight is 375 g/mol. The number of ether oxygens (including phenoxy) is 2. The van der Waals surface area contributed by atoms with Crippen LogP contribution in [0.15, 0.2) is 15.8 Å². The molecule has 1 saturated heterocycles. The zero-order valence-corrected chi connectivity index (χ0v) is 15.5. The molecule has 0 bridgehead atoms. The summed E-state index contributed by atoms with van der Waals surface area (Å²) in [5, 5.41) is 0. The normalized spacial score (nSPS) is 17.2. The van der Waals surface area contributed by atoms with Crippen LogP contribution in [0, 0.1) is 6.92 Å². The predicted molar refractivity (Wildman–Crippen MR) is 95.9 cm³/mol. The fraction of sp³-hybridized carbons (Fsp3) is 0.529. The smallest absolute Gasteiger partial charge is 0.333 e. The number of methoxy groups -OCH3 is 1. The SMILES string of the molecule is COC(=O)Cn1c(=O)c2c(nc3n(C[C@@H]4CCCO4)c(C)cn23)n(C)c1=O. The first-order chi connectivity index (χ1) is 12.9. The van der Waals surface area contributed by atoms with Crippen LogP contribution in [0.5, 0.6) is 0 Å². The number of nitrogens with zero attached hydrogens (tertiary/aromatic N) is 5. The Bertz CT molecular complexity index is 1160. The predicted octanol–water partition coefficient (Wildman–Crippen LogP) is -0.190. The molecule has 0 unspecified atom stereocenters. The molecular formula is C17H21N5O5. The van der Waals surface area contributed by atoms with E-state index >= 15 is 0 Å². The Hall–Kier alpha value is -2.88. The summed E-state index contributed by atoms with van der Waals surface area (Å²) in [6, 6.07) is 0. The van der Waals surface area contributed by atoms with Gasteiger partial charge in [-0.15, -0.1) is 0 Å². The van der Waals surface area contributed by atoms with Gasteiger partial charge in [-0.1, -0.05) is 0 Å². The van der Waals surface area contributed by atoms with E-state index in [-0.39, 0.29) is 17.3 Å². The second-order valence-corrected chi connectivity index (χ2v) is 6.78. The van der Waals surface area contributed by atoms with Crippen LogP contribution in [-0.4, -0.2) is 48.9 Å². The third-order valence-electron chi connectivity index (χ3n) is 5.07. The molecule has 3 aromatic rings. The van der Waals surface area contributed by atoms with E-state index in [0.717, 1.165) is 29.7 Å². The standard InChI is InChI=1S/C17H21N5O5/c1-10-7-21-13-14(18-16(21)20(10)8-11-5-4-6-27-11)19(2)17(25)22(15(13)24)9-12(23)26-3/h7,11H,4-6,8-9H2,1-3H3/t11-/m0/s1. The van der Waals surface area contributed by atoms with Gasteiger partial charge in [-0.05, 0) is 19.8 Å². The molecule has 0 saturated carbocycles. The second-order valence-electron chi connectivity index (χ2n) is 6.78. The van der Waals surface area contributed by atoms with Gasteiger partial charge >= 0.3 is 11.7 Å². The maximum atomic E-state index is 12.9. The van der Waals surface area contributed by atoms with Gasteiger partial charge in [0.05, 0.1) is 19.8 Å². The van der Waals surface area contributed by atoms with E-state index in [1.807, 2.05) is 17.7 Å². The van der Waals surface area contributed by atoms with Crippen LogP contribution in [0.1, 0.15) is 18.5 Å². The molecule has 27 heavy (non-hydrogen) atoms. The summed E-state index contributed by atoms with van der Waals surface area (Å²) < 4.78 is 16.1. The lowest BCUT2D eigenvalue weighted by atomic mass is 10.2. The van der Waals surface area contributed by atoms with Crippen molar-refractivity contribution < 1.29 is 14.3 Å². The molecule has 0 spiro atoms. The van der Waals surface area contributed by atoms with Gasteiger partial charge in [0.15, 0.2) is 11.2 Å². The molecule has 1 aliphatic heterocycles. The number of carbonyl (C=O) groups is 1. The van der Waals surface area contributed by atoms with Crippen molar-refractivity contribution in [1.82, 2.24) is 23.1 Å². The van der Waals surface area contributed by atoms with Gasteiger partial charge in [0, 0.05) is 25.5 Å². The molecule has 0 aromatic carbocycles. The summed E-state index contributed by atoms with van der Waals surface area (Å²) in [4.78, 5) is 41.6. The van der Waals surface area contributed by atoms with Crippen LogP contribution < -0.4 is 11.2 Å². The van der Waals surface area contributed by atoms with E-state index in [9.17, 15) is 14.4 Å². The van der Waals surface area contributed by atoms with Crippen molar-refractivity contribution in [2.75, 3.05) is 13.7 Å². The Morgan fingerprint density at radius 3 is 2.81 bits per heavy atom. The highest BCUT2D eigenvalue weighted by atomic mass is 16.5. The maximum Gasteiger partial charge on any atom is 0.333 e. The number of imidazole rings is 2. The van der Waals surface area contributed by atoms with E-state index < -0.39 is 23.8 Å². The highest BCUT2D eigenvalue weighted by Gasteiger charge is 2.23. The fourth-order valence-corrected chi connectivity index (χ4v) is 3.61. The maximum absolute atomic E-state index is 12.9. The van der Waals surface area contributed by atoms with Crippen LogP contribution >= 0.6 is 0 Å². The highest BCUT2D eigenvalue weighted by Crippen LogP contribution is 2.20. The molecule has 0 amide bonds. The Labute approximate surface area is 153 Å². The average Bonchev–Trinajstić information content (AvgIpc) is 3.35. The molecule has 10 heteroatoms. The zero-order valence-electron chi connectivity index (χ0n) is 15.5. The van der Waals surface area contributed by atoms with Crippen molar-refractivity contribution in [3.05, 3.63) is 32.7 Å². The van der Waals surface area contributed by atoms with Gasteiger partial charge in [0.25, 0.3) is 5.56 Å². The van der Waals surface area contributed by atoms with Gasteiger partial charge in [-0.2, -0.15) is 4.98 Å². The topological polar surface area (TPSA) is 102 Å². The van der Waals surface area contributed by atoms with Gasteiger partial charge in [0.1, 0.15) is 6.54 Å². The number of rotatable bonds is 4. The van der Waals surface area contributed by atoms with Gasteiger partial charge in [0.2, 0.25) is 5.78 Å². The van der Waals surface area contributed by atoms with Crippen LogP contribution in [0.3, 0.4) is 0 Å². The zero-order chi connectivity index (χ0) is 19.3. The number of hydrogen-bond acceptors (Lipinski definition) is 6. The van der Waals surface area contributed by atoms with Gasteiger partial charge < -0.3 is 14.0 Å². The van der Waals surface area contributed by atoms with Crippen LogP contribution in [0.4, 0.5) is 0 Å². The van der Waals surface area contributed by atoms with Crippen molar-refractivity contribution in [2.24, 2.45) is 7.05 Å². The van der Waals surface area contributed by atoms with Crippen LogP contribution in [0.2, 0.25) is 0 Å². The molecule has 1 aliphatic rings. The van der Waals surface area contributed by atoms with E-state index in [2.05, 4.69) is 9.72 Å². The van der Waals surface area contributed by atoms with Gasteiger partial charge in [-0.25, -0.2) is 9.36 Å². The van der Waals surface area contributed by atoms with E-state index in [4.69, 9.17) is 4.74 Å². The molecule has 0 radical (unpaired) electrons. The lowest BCUT2D eigenvalue weighted by Gasteiger charge is -2.11. The monoisotopic (exact) mass is 375 g/mol. The Kier molecular flexibility index (Phi) is 4.14. The van der Waals surface area contributed by atoms with Gasteiger partial charge in [-0.3, -0.25) is 18.6 Å². The minimum atomic E-state index is -0.665. The molecule has 1 atom stereocenters. The second kappa shape index (κ2) is 6.38. The Balaban J connectivity index is 1.94. The fourth-order valence-electron chi connectivity index (χ4n) is 3.61. The highest BCUT2D eigenvalue weighted by molar-refractivity contribution is 5.76. The molecule has 4 rings (SSSR count). The lowest BCUT2D eigenvalue weighted by molar-refractivity contribution is -0.141. The molecule has 0 aliphatic carbocycles. The largest absolute Gasteiger partial charge is 0.468 e. The molecule has 4 heterocycles. The number of aromatic nitrogens is 5. The van der Waals surface area contributed by atoms with E-state index in [1.54, 1.807) is 4.40 Å². The first-order valence-electron chi connectivity index (χ1n) is 8.78. The molecule has 1 fully saturated rings. The first-order valence-corrected chi connectivity index (χ1v) is 8.78. The minimum absolute atomic E-state index is 0.111. The van der Waals surface area contributed by atoms with Crippen molar-refractivity contribution in [2.45, 2.75) is 39.0 Å².